The normalized spacial score (nSPS) is 25.4. The minimum absolute atomic E-state index is 0.0588. The van der Waals surface area contributed by atoms with E-state index in [9.17, 15) is 5.11 Å². The molecule has 94 valence electrons. The molecule has 0 spiro atoms. The molecule has 1 unspecified atom stereocenters. The van der Waals surface area contributed by atoms with Crippen molar-refractivity contribution in [3.63, 3.8) is 0 Å². The van der Waals surface area contributed by atoms with Crippen LogP contribution in [0.1, 0.15) is 37.3 Å². The molecule has 2 nitrogen and oxygen atoms in total. The summed E-state index contributed by atoms with van der Waals surface area (Å²) in [7, 11) is 0. The van der Waals surface area contributed by atoms with Gasteiger partial charge in [0, 0.05) is 12.1 Å². The Balaban J connectivity index is 1.70. The monoisotopic (exact) mass is 233 g/mol. The summed E-state index contributed by atoms with van der Waals surface area (Å²) < 4.78 is 0. The van der Waals surface area contributed by atoms with Gasteiger partial charge in [0.25, 0.3) is 0 Å². The minimum atomic E-state index is -0.0588. The quantitative estimate of drug-likeness (QED) is 0.818. The molecular formula is C15H23NO. The molecule has 1 aromatic rings. The average molecular weight is 233 g/mol. The number of nitrogens with one attached hydrogen (secondary N) is 1. The highest BCUT2D eigenvalue weighted by molar-refractivity contribution is 5.22. The van der Waals surface area contributed by atoms with Crippen molar-refractivity contribution in [1.82, 2.24) is 5.32 Å². The molecular weight excluding hydrogens is 210 g/mol. The lowest BCUT2D eigenvalue weighted by Crippen LogP contribution is -2.47. The van der Waals surface area contributed by atoms with Crippen LogP contribution >= 0.6 is 0 Å². The van der Waals surface area contributed by atoms with Gasteiger partial charge in [-0.25, -0.2) is 0 Å². The summed E-state index contributed by atoms with van der Waals surface area (Å²) in [5.74, 6) is 0. The highest BCUT2D eigenvalue weighted by Gasteiger charge is 2.27. The Morgan fingerprint density at radius 3 is 2.82 bits per heavy atom. The zero-order valence-electron chi connectivity index (χ0n) is 10.8. The van der Waals surface area contributed by atoms with E-state index in [0.29, 0.717) is 12.1 Å². The molecule has 2 N–H and O–H groups in total. The van der Waals surface area contributed by atoms with Gasteiger partial charge in [0.05, 0.1) is 6.10 Å². The molecule has 1 fully saturated rings. The molecule has 0 bridgehead atoms. The van der Waals surface area contributed by atoms with E-state index in [0.717, 1.165) is 25.7 Å². The van der Waals surface area contributed by atoms with Crippen molar-refractivity contribution in [2.75, 3.05) is 0 Å². The summed E-state index contributed by atoms with van der Waals surface area (Å²) >= 11 is 0. The number of hydrogen-bond donors (Lipinski definition) is 2. The van der Waals surface area contributed by atoms with Gasteiger partial charge in [-0.15, -0.1) is 0 Å². The van der Waals surface area contributed by atoms with E-state index in [1.165, 1.54) is 11.1 Å². The molecule has 1 saturated carbocycles. The van der Waals surface area contributed by atoms with E-state index >= 15 is 0 Å². The van der Waals surface area contributed by atoms with Crippen LogP contribution in [0.25, 0.3) is 0 Å². The van der Waals surface area contributed by atoms with Crippen molar-refractivity contribution < 1.29 is 5.11 Å². The number of benzene rings is 1. The van der Waals surface area contributed by atoms with Crippen molar-refractivity contribution in [1.29, 1.82) is 0 Å². The molecule has 2 heteroatoms. The molecule has 0 saturated heterocycles. The molecule has 0 aromatic heterocycles. The second kappa shape index (κ2) is 5.65. The first-order valence-corrected chi connectivity index (χ1v) is 6.63. The SMILES string of the molecule is Cc1cccc(CCC(C)NC2CC(O)C2)c1. The Morgan fingerprint density at radius 2 is 2.18 bits per heavy atom. The molecule has 17 heavy (non-hydrogen) atoms. The Hall–Kier alpha value is -0.860. The van der Waals surface area contributed by atoms with Crippen LogP contribution in [0.3, 0.4) is 0 Å². The molecule has 2 rings (SSSR count). The lowest BCUT2D eigenvalue weighted by molar-refractivity contribution is 0.0582. The van der Waals surface area contributed by atoms with Crippen molar-refractivity contribution in [2.45, 2.75) is 57.7 Å². The molecule has 0 radical (unpaired) electrons. The Kier molecular flexibility index (Phi) is 4.19. The van der Waals surface area contributed by atoms with Crippen LogP contribution in [-0.2, 0) is 6.42 Å². The number of aliphatic hydroxyl groups excluding tert-OH is 1. The Morgan fingerprint density at radius 1 is 1.41 bits per heavy atom. The van der Waals surface area contributed by atoms with E-state index in [1.807, 2.05) is 0 Å². The summed E-state index contributed by atoms with van der Waals surface area (Å²) in [6.07, 6.45) is 4.08. The highest BCUT2D eigenvalue weighted by Crippen LogP contribution is 2.20. The number of rotatable bonds is 5. The van der Waals surface area contributed by atoms with Gasteiger partial charge in [-0.3, -0.25) is 0 Å². The van der Waals surface area contributed by atoms with Crippen LogP contribution in [0.15, 0.2) is 24.3 Å². The molecule has 1 atom stereocenters. The fraction of sp³-hybridized carbons (Fsp3) is 0.600. The lowest BCUT2D eigenvalue weighted by Gasteiger charge is -2.34. The van der Waals surface area contributed by atoms with Crippen molar-refractivity contribution in [2.24, 2.45) is 0 Å². The summed E-state index contributed by atoms with van der Waals surface area (Å²) in [4.78, 5) is 0. The first kappa shape index (κ1) is 12.6. The second-order valence-corrected chi connectivity index (χ2v) is 5.42. The zero-order chi connectivity index (χ0) is 12.3. The largest absolute Gasteiger partial charge is 0.393 e. The van der Waals surface area contributed by atoms with Crippen LogP contribution in [-0.4, -0.2) is 23.3 Å². The molecule has 0 aliphatic heterocycles. The smallest absolute Gasteiger partial charge is 0.0570 e. The van der Waals surface area contributed by atoms with Gasteiger partial charge in [-0.05, 0) is 45.1 Å². The van der Waals surface area contributed by atoms with Gasteiger partial charge in [0.2, 0.25) is 0 Å². The van der Waals surface area contributed by atoms with Crippen LogP contribution in [0.5, 0.6) is 0 Å². The van der Waals surface area contributed by atoms with E-state index in [-0.39, 0.29) is 6.10 Å². The van der Waals surface area contributed by atoms with Crippen LogP contribution in [0.2, 0.25) is 0 Å². The van der Waals surface area contributed by atoms with E-state index in [1.54, 1.807) is 0 Å². The van der Waals surface area contributed by atoms with Crippen molar-refractivity contribution in [3.8, 4) is 0 Å². The maximum atomic E-state index is 9.23. The molecule has 1 aliphatic carbocycles. The minimum Gasteiger partial charge on any atom is -0.393 e. The van der Waals surface area contributed by atoms with Crippen LogP contribution < -0.4 is 5.32 Å². The number of aryl methyl sites for hydroxylation is 2. The molecule has 1 aliphatic rings. The molecule has 1 aromatic carbocycles. The van der Waals surface area contributed by atoms with Gasteiger partial charge >= 0.3 is 0 Å². The van der Waals surface area contributed by atoms with E-state index < -0.39 is 0 Å². The lowest BCUT2D eigenvalue weighted by atomic mass is 9.88. The third-order valence-corrected chi connectivity index (χ3v) is 3.58. The maximum Gasteiger partial charge on any atom is 0.0570 e. The van der Waals surface area contributed by atoms with Gasteiger partial charge in [0.15, 0.2) is 0 Å². The summed E-state index contributed by atoms with van der Waals surface area (Å²) in [6, 6.07) is 9.81. The summed E-state index contributed by atoms with van der Waals surface area (Å²) in [5, 5.41) is 12.8. The maximum absolute atomic E-state index is 9.23. The molecule has 0 heterocycles. The Bertz CT molecular complexity index is 358. The van der Waals surface area contributed by atoms with Crippen LogP contribution in [0, 0.1) is 6.92 Å². The van der Waals surface area contributed by atoms with Gasteiger partial charge in [0.1, 0.15) is 0 Å². The van der Waals surface area contributed by atoms with Crippen molar-refractivity contribution >= 4 is 0 Å². The third-order valence-electron chi connectivity index (χ3n) is 3.58. The summed E-state index contributed by atoms with van der Waals surface area (Å²) in [5.41, 5.74) is 2.76. The van der Waals surface area contributed by atoms with Gasteiger partial charge in [-0.2, -0.15) is 0 Å². The predicted molar refractivity (Wildman–Crippen MR) is 71.1 cm³/mol. The van der Waals surface area contributed by atoms with Crippen molar-refractivity contribution in [3.05, 3.63) is 35.4 Å². The average Bonchev–Trinajstić information content (AvgIpc) is 2.24. The van der Waals surface area contributed by atoms with Gasteiger partial charge in [-0.1, -0.05) is 29.8 Å². The standard InChI is InChI=1S/C15H23NO/c1-11-4-3-5-13(8-11)7-6-12(2)16-14-9-15(17)10-14/h3-5,8,12,14-17H,6-7,9-10H2,1-2H3. The topological polar surface area (TPSA) is 32.3 Å². The second-order valence-electron chi connectivity index (χ2n) is 5.42. The first-order valence-electron chi connectivity index (χ1n) is 6.63. The fourth-order valence-corrected chi connectivity index (χ4v) is 2.46. The molecule has 0 amide bonds. The number of aliphatic hydroxyl groups is 1. The van der Waals surface area contributed by atoms with E-state index in [2.05, 4.69) is 43.4 Å². The highest BCUT2D eigenvalue weighted by atomic mass is 16.3. The van der Waals surface area contributed by atoms with Crippen LogP contribution in [0.4, 0.5) is 0 Å². The Labute approximate surface area is 104 Å². The number of hydrogen-bond acceptors (Lipinski definition) is 2. The fourth-order valence-electron chi connectivity index (χ4n) is 2.46. The summed E-state index contributed by atoms with van der Waals surface area (Å²) in [6.45, 7) is 4.38. The predicted octanol–water partition coefficient (Wildman–Crippen LogP) is 2.43. The van der Waals surface area contributed by atoms with E-state index in [4.69, 9.17) is 0 Å². The third kappa shape index (κ3) is 3.83. The van der Waals surface area contributed by atoms with Gasteiger partial charge < -0.3 is 10.4 Å². The zero-order valence-corrected chi connectivity index (χ0v) is 10.8. The first-order chi connectivity index (χ1) is 8.13.